The van der Waals surface area contributed by atoms with Crippen LogP contribution in [0, 0.1) is 6.92 Å². The quantitative estimate of drug-likeness (QED) is 0.431. The molecule has 4 N–H and O–H groups in total. The lowest BCUT2D eigenvalue weighted by molar-refractivity contribution is -0.142. The first-order valence-corrected chi connectivity index (χ1v) is 4.98. The Kier molecular flexibility index (Phi) is 4.60. The van der Waals surface area contributed by atoms with Gasteiger partial charge >= 0.3 is 5.97 Å². The van der Waals surface area contributed by atoms with Gasteiger partial charge in [0.1, 0.15) is 19.0 Å². The molecule has 88 valence electrons. The molecule has 1 aromatic carbocycles. The SMILES string of the molecule is Cc1ccc(OCCOC(=O)CN)cc1N. The van der Waals surface area contributed by atoms with Crippen LogP contribution < -0.4 is 16.2 Å². The lowest BCUT2D eigenvalue weighted by atomic mass is 10.2. The van der Waals surface area contributed by atoms with Crippen LogP contribution in [0.4, 0.5) is 5.69 Å². The number of nitrogen functional groups attached to an aromatic ring is 1. The van der Waals surface area contributed by atoms with Crippen molar-refractivity contribution in [3.05, 3.63) is 23.8 Å². The average molecular weight is 224 g/mol. The molecule has 0 spiro atoms. The van der Waals surface area contributed by atoms with Gasteiger partial charge in [0, 0.05) is 11.8 Å². The van der Waals surface area contributed by atoms with Crippen molar-refractivity contribution in [1.29, 1.82) is 0 Å². The molecular weight excluding hydrogens is 208 g/mol. The van der Waals surface area contributed by atoms with Crippen LogP contribution in [0.2, 0.25) is 0 Å². The number of anilines is 1. The Labute approximate surface area is 94.3 Å². The standard InChI is InChI=1S/C11H16N2O3/c1-8-2-3-9(6-10(8)13)15-4-5-16-11(14)7-12/h2-3,6H,4-5,7,12-13H2,1H3. The van der Waals surface area contributed by atoms with Gasteiger partial charge in [-0.1, -0.05) is 6.07 Å². The second-order valence-corrected chi connectivity index (χ2v) is 3.29. The van der Waals surface area contributed by atoms with Crippen LogP contribution in [0.3, 0.4) is 0 Å². The van der Waals surface area contributed by atoms with Crippen LogP contribution in [0.5, 0.6) is 5.75 Å². The highest BCUT2D eigenvalue weighted by molar-refractivity contribution is 5.71. The number of rotatable bonds is 5. The summed E-state index contributed by atoms with van der Waals surface area (Å²) >= 11 is 0. The van der Waals surface area contributed by atoms with Gasteiger partial charge in [0.25, 0.3) is 0 Å². The van der Waals surface area contributed by atoms with E-state index < -0.39 is 5.97 Å². The second-order valence-electron chi connectivity index (χ2n) is 3.29. The zero-order valence-corrected chi connectivity index (χ0v) is 9.23. The van der Waals surface area contributed by atoms with Crippen LogP contribution in [0.15, 0.2) is 18.2 Å². The predicted octanol–water partition coefficient (Wildman–Crippen LogP) is 0.458. The fourth-order valence-corrected chi connectivity index (χ4v) is 1.08. The van der Waals surface area contributed by atoms with Crippen molar-refractivity contribution >= 4 is 11.7 Å². The fourth-order valence-electron chi connectivity index (χ4n) is 1.08. The number of aryl methyl sites for hydroxylation is 1. The summed E-state index contributed by atoms with van der Waals surface area (Å²) in [4.78, 5) is 10.7. The van der Waals surface area contributed by atoms with E-state index in [1.807, 2.05) is 19.1 Å². The largest absolute Gasteiger partial charge is 0.490 e. The molecule has 0 amide bonds. The number of ether oxygens (including phenoxy) is 2. The Morgan fingerprint density at radius 2 is 2.12 bits per heavy atom. The van der Waals surface area contributed by atoms with E-state index in [0.717, 1.165) is 5.56 Å². The van der Waals surface area contributed by atoms with E-state index in [2.05, 4.69) is 0 Å². The van der Waals surface area contributed by atoms with Crippen molar-refractivity contribution in [2.45, 2.75) is 6.92 Å². The van der Waals surface area contributed by atoms with Crippen molar-refractivity contribution in [1.82, 2.24) is 0 Å². The molecule has 0 saturated carbocycles. The zero-order valence-electron chi connectivity index (χ0n) is 9.23. The van der Waals surface area contributed by atoms with E-state index in [9.17, 15) is 4.79 Å². The summed E-state index contributed by atoms with van der Waals surface area (Å²) < 4.78 is 10.1. The van der Waals surface area contributed by atoms with E-state index in [1.165, 1.54) is 0 Å². The summed E-state index contributed by atoms with van der Waals surface area (Å²) in [6.45, 7) is 2.28. The number of nitrogens with two attached hydrogens (primary N) is 2. The summed E-state index contributed by atoms with van der Waals surface area (Å²) in [6, 6.07) is 5.42. The molecule has 0 unspecified atom stereocenters. The van der Waals surface area contributed by atoms with Crippen LogP contribution in [0.25, 0.3) is 0 Å². The maximum Gasteiger partial charge on any atom is 0.319 e. The first-order valence-electron chi connectivity index (χ1n) is 4.98. The van der Waals surface area contributed by atoms with E-state index in [-0.39, 0.29) is 19.8 Å². The summed E-state index contributed by atoms with van der Waals surface area (Å²) in [6.07, 6.45) is 0. The highest BCUT2D eigenvalue weighted by atomic mass is 16.6. The first-order chi connectivity index (χ1) is 7.63. The van der Waals surface area contributed by atoms with Crippen LogP contribution in [-0.4, -0.2) is 25.7 Å². The average Bonchev–Trinajstić information content (AvgIpc) is 2.28. The smallest absolute Gasteiger partial charge is 0.319 e. The Hall–Kier alpha value is -1.75. The van der Waals surface area contributed by atoms with Gasteiger partial charge in [-0.15, -0.1) is 0 Å². The van der Waals surface area contributed by atoms with Crippen molar-refractivity contribution in [2.75, 3.05) is 25.5 Å². The highest BCUT2D eigenvalue weighted by Gasteiger charge is 2.00. The topological polar surface area (TPSA) is 87.6 Å². The number of benzene rings is 1. The van der Waals surface area contributed by atoms with Crippen LogP contribution in [0.1, 0.15) is 5.56 Å². The minimum Gasteiger partial charge on any atom is -0.490 e. The molecule has 0 fully saturated rings. The van der Waals surface area contributed by atoms with Crippen molar-refractivity contribution in [2.24, 2.45) is 5.73 Å². The molecule has 0 bridgehead atoms. The number of hydrogen-bond donors (Lipinski definition) is 2. The molecule has 0 saturated heterocycles. The third-order valence-corrected chi connectivity index (χ3v) is 2.03. The summed E-state index contributed by atoms with van der Waals surface area (Å²) in [5.74, 6) is 0.221. The van der Waals surface area contributed by atoms with Crippen molar-refractivity contribution in [3.8, 4) is 5.75 Å². The zero-order chi connectivity index (χ0) is 12.0. The Bertz CT molecular complexity index is 366. The third-order valence-electron chi connectivity index (χ3n) is 2.03. The Balaban J connectivity index is 2.32. The molecule has 16 heavy (non-hydrogen) atoms. The van der Waals surface area contributed by atoms with Gasteiger partial charge in [-0.2, -0.15) is 0 Å². The Morgan fingerprint density at radius 3 is 2.75 bits per heavy atom. The molecule has 0 radical (unpaired) electrons. The van der Waals surface area contributed by atoms with Gasteiger partial charge < -0.3 is 20.9 Å². The number of esters is 1. The molecule has 0 aliphatic rings. The van der Waals surface area contributed by atoms with Gasteiger partial charge in [-0.25, -0.2) is 0 Å². The first kappa shape index (κ1) is 12.3. The van der Waals surface area contributed by atoms with Crippen LogP contribution in [-0.2, 0) is 9.53 Å². The van der Waals surface area contributed by atoms with E-state index in [1.54, 1.807) is 6.07 Å². The number of hydrogen-bond acceptors (Lipinski definition) is 5. The molecule has 0 aromatic heterocycles. The monoisotopic (exact) mass is 224 g/mol. The normalized spacial score (nSPS) is 9.88. The minimum atomic E-state index is -0.438. The summed E-state index contributed by atoms with van der Waals surface area (Å²) in [7, 11) is 0. The van der Waals surface area contributed by atoms with E-state index in [4.69, 9.17) is 20.9 Å². The van der Waals surface area contributed by atoms with Crippen LogP contribution >= 0.6 is 0 Å². The number of carbonyl (C=O) groups is 1. The molecule has 0 aliphatic carbocycles. The van der Waals surface area contributed by atoms with Crippen molar-refractivity contribution in [3.63, 3.8) is 0 Å². The summed E-state index contributed by atoms with van der Waals surface area (Å²) in [5, 5.41) is 0. The van der Waals surface area contributed by atoms with Gasteiger partial charge in [0.2, 0.25) is 0 Å². The molecule has 1 aromatic rings. The molecule has 0 atom stereocenters. The van der Waals surface area contributed by atoms with Gasteiger partial charge in [0.15, 0.2) is 0 Å². The van der Waals surface area contributed by atoms with Gasteiger partial charge in [-0.3, -0.25) is 4.79 Å². The molecule has 5 nitrogen and oxygen atoms in total. The lowest BCUT2D eigenvalue weighted by Gasteiger charge is -2.08. The van der Waals surface area contributed by atoms with Gasteiger partial charge in [0.05, 0.1) is 6.54 Å². The molecular formula is C11H16N2O3. The van der Waals surface area contributed by atoms with E-state index in [0.29, 0.717) is 11.4 Å². The lowest BCUT2D eigenvalue weighted by Crippen LogP contribution is -2.19. The predicted molar refractivity (Wildman–Crippen MR) is 61.1 cm³/mol. The third kappa shape index (κ3) is 3.78. The van der Waals surface area contributed by atoms with E-state index >= 15 is 0 Å². The fraction of sp³-hybridized carbons (Fsp3) is 0.364. The Morgan fingerprint density at radius 1 is 1.38 bits per heavy atom. The molecule has 1 rings (SSSR count). The maximum atomic E-state index is 10.7. The summed E-state index contributed by atoms with van der Waals surface area (Å²) in [5.41, 5.74) is 12.5. The minimum absolute atomic E-state index is 0.114. The van der Waals surface area contributed by atoms with Crippen molar-refractivity contribution < 1.29 is 14.3 Å². The highest BCUT2D eigenvalue weighted by Crippen LogP contribution is 2.18. The maximum absolute atomic E-state index is 10.7. The number of carbonyl (C=O) groups excluding carboxylic acids is 1. The molecule has 0 aliphatic heterocycles. The molecule has 5 heteroatoms. The second kappa shape index (κ2) is 5.97. The van der Waals surface area contributed by atoms with Gasteiger partial charge in [-0.05, 0) is 18.6 Å². The molecule has 0 heterocycles.